The van der Waals surface area contributed by atoms with Gasteiger partial charge in [-0.15, -0.1) is 0 Å². The van der Waals surface area contributed by atoms with E-state index in [1.54, 1.807) is 11.0 Å². The van der Waals surface area contributed by atoms with Crippen LogP contribution in [0.2, 0.25) is 0 Å². The molecule has 35 heavy (non-hydrogen) atoms. The summed E-state index contributed by atoms with van der Waals surface area (Å²) >= 11 is 0. The molecule has 0 bridgehead atoms. The highest BCUT2D eigenvalue weighted by molar-refractivity contribution is 7.89. The molecule has 4 atom stereocenters. The average Bonchev–Trinajstić information content (AvgIpc) is 3.72. The van der Waals surface area contributed by atoms with Gasteiger partial charge in [0.05, 0.1) is 17.9 Å². The van der Waals surface area contributed by atoms with E-state index in [4.69, 9.17) is 0 Å². The molecule has 0 unspecified atom stereocenters. The van der Waals surface area contributed by atoms with Crippen molar-refractivity contribution >= 4 is 15.9 Å². The molecule has 3 aliphatic rings. The molecule has 2 aromatic rings. The number of nitriles is 1. The van der Waals surface area contributed by atoms with Crippen molar-refractivity contribution in [2.75, 3.05) is 5.75 Å². The summed E-state index contributed by atoms with van der Waals surface area (Å²) in [6, 6.07) is 7.86. The average molecular weight is 504 g/mol. The predicted octanol–water partition coefficient (Wildman–Crippen LogP) is 3.52. The van der Waals surface area contributed by atoms with Crippen LogP contribution in [0.5, 0.6) is 0 Å². The lowest BCUT2D eigenvalue weighted by molar-refractivity contribution is -0.137. The largest absolute Gasteiger partial charge is 0.333 e. The number of hydrogen-bond acceptors (Lipinski definition) is 4. The van der Waals surface area contributed by atoms with Crippen LogP contribution in [0.25, 0.3) is 11.1 Å². The number of benzene rings is 2. The van der Waals surface area contributed by atoms with E-state index in [1.165, 1.54) is 19.1 Å². The summed E-state index contributed by atoms with van der Waals surface area (Å²) < 4.78 is 70.7. The number of carbonyl (C=O) groups excluding carboxylic acids is 1. The number of piperidine rings is 1. The fourth-order valence-electron chi connectivity index (χ4n) is 5.23. The van der Waals surface area contributed by atoms with Gasteiger partial charge < -0.3 is 4.90 Å². The Balaban J connectivity index is 1.52. The molecule has 0 radical (unpaired) electrons. The first-order valence-electron chi connectivity index (χ1n) is 11.6. The summed E-state index contributed by atoms with van der Waals surface area (Å²) in [4.78, 5) is 15.0. The summed E-state index contributed by atoms with van der Waals surface area (Å²) in [5.41, 5.74) is -0.862. The maximum atomic E-state index is 15.6. The third kappa shape index (κ3) is 4.21. The van der Waals surface area contributed by atoms with Crippen LogP contribution in [0.15, 0.2) is 36.4 Å². The molecule has 1 heterocycles. The number of carbonyl (C=O) groups is 1. The van der Waals surface area contributed by atoms with Crippen molar-refractivity contribution in [3.8, 4) is 17.2 Å². The number of rotatable bonds is 7. The van der Waals surface area contributed by atoms with E-state index >= 15 is 4.39 Å². The smallest absolute Gasteiger partial charge is 0.243 e. The highest BCUT2D eigenvalue weighted by atomic mass is 32.2. The van der Waals surface area contributed by atoms with Gasteiger partial charge in [0, 0.05) is 23.7 Å². The fraction of sp³-hybridized carbons (Fsp3) is 0.440. The summed E-state index contributed by atoms with van der Waals surface area (Å²) in [5, 5.41) is 9.57. The van der Waals surface area contributed by atoms with Gasteiger partial charge in [0.2, 0.25) is 15.9 Å². The molecular weight excluding hydrogens is 479 g/mol. The van der Waals surface area contributed by atoms with E-state index < -0.39 is 45.0 Å². The Morgan fingerprint density at radius 2 is 1.89 bits per heavy atom. The Morgan fingerprint density at radius 3 is 2.49 bits per heavy atom. The van der Waals surface area contributed by atoms with Gasteiger partial charge in [-0.1, -0.05) is 18.2 Å². The third-order valence-electron chi connectivity index (χ3n) is 7.38. The minimum Gasteiger partial charge on any atom is -0.333 e. The van der Waals surface area contributed by atoms with Gasteiger partial charge in [0.1, 0.15) is 22.9 Å². The summed E-state index contributed by atoms with van der Waals surface area (Å²) in [6.07, 6.45) is 1.51. The van der Waals surface area contributed by atoms with Crippen molar-refractivity contribution in [3.05, 3.63) is 59.4 Å². The van der Waals surface area contributed by atoms with E-state index in [2.05, 4.69) is 10.8 Å². The van der Waals surface area contributed by atoms with Crippen molar-refractivity contribution < 1.29 is 26.4 Å². The number of hydrogen-bond donors (Lipinski definition) is 1. The zero-order valence-electron chi connectivity index (χ0n) is 19.0. The number of sulfonamides is 1. The van der Waals surface area contributed by atoms with Crippen molar-refractivity contribution in [2.45, 2.75) is 50.7 Å². The molecule has 1 amide bonds. The summed E-state index contributed by atoms with van der Waals surface area (Å²) in [7, 11) is -3.61. The molecule has 2 saturated carbocycles. The zero-order chi connectivity index (χ0) is 25.1. The van der Waals surface area contributed by atoms with E-state index in [0.717, 1.165) is 12.1 Å². The van der Waals surface area contributed by atoms with Crippen LogP contribution >= 0.6 is 0 Å². The Labute approximate surface area is 201 Å². The first kappa shape index (κ1) is 23.8. The van der Waals surface area contributed by atoms with Gasteiger partial charge >= 0.3 is 0 Å². The molecule has 2 aliphatic carbocycles. The van der Waals surface area contributed by atoms with Crippen molar-refractivity contribution in [2.24, 2.45) is 11.3 Å². The van der Waals surface area contributed by atoms with E-state index in [0.29, 0.717) is 25.3 Å². The van der Waals surface area contributed by atoms with E-state index in [1.807, 2.05) is 0 Å². The number of nitrogens with one attached hydrogen (secondary N) is 1. The molecular formula is C25H24F3N3O3S. The van der Waals surface area contributed by atoms with Crippen LogP contribution < -0.4 is 4.72 Å². The van der Waals surface area contributed by atoms with E-state index in [9.17, 15) is 27.3 Å². The predicted molar refractivity (Wildman–Crippen MR) is 122 cm³/mol. The molecule has 5 rings (SSSR count). The Hall–Kier alpha value is -2.90. The van der Waals surface area contributed by atoms with E-state index in [-0.39, 0.29) is 46.7 Å². The minimum absolute atomic E-state index is 0.00306. The van der Waals surface area contributed by atoms with Crippen molar-refractivity contribution in [1.82, 2.24) is 9.62 Å². The van der Waals surface area contributed by atoms with Crippen molar-refractivity contribution in [1.29, 1.82) is 5.26 Å². The second-order valence-electron chi connectivity index (χ2n) is 9.63. The molecule has 1 N–H and O–H groups in total. The number of likely N-dealkylation sites (tertiary alicyclic amines) is 1. The summed E-state index contributed by atoms with van der Waals surface area (Å²) in [5.74, 6) is -2.94. The Bertz CT molecular complexity index is 1330. The number of fused-ring (bicyclic) bond motifs is 1. The monoisotopic (exact) mass is 503 g/mol. The molecule has 0 spiro atoms. The highest BCUT2D eigenvalue weighted by Gasteiger charge is 2.65. The molecule has 0 aromatic heterocycles. The number of halogens is 3. The van der Waals surface area contributed by atoms with Gasteiger partial charge in [0.25, 0.3) is 0 Å². The SMILES string of the molecule is CCS(=O)(=O)N[C@@H]1[C@H]2C[C@H]2N(C(=O)C2(C#N)CC2)[C@@H]1Cc1cccc(-c2cc(F)cc(F)c2)c1F. The molecule has 3 fully saturated rings. The lowest BCUT2D eigenvalue weighted by Crippen LogP contribution is -2.52. The van der Waals surface area contributed by atoms with Crippen LogP contribution in [0.3, 0.4) is 0 Å². The van der Waals surface area contributed by atoms with Crippen LogP contribution in [0.1, 0.15) is 31.7 Å². The van der Waals surface area contributed by atoms with Crippen LogP contribution in [-0.2, 0) is 21.2 Å². The van der Waals surface area contributed by atoms with Crippen molar-refractivity contribution in [3.63, 3.8) is 0 Å². The Kier molecular flexibility index (Phi) is 5.68. The topological polar surface area (TPSA) is 90.3 Å². The fourth-order valence-corrected chi connectivity index (χ4v) is 6.15. The molecule has 6 nitrogen and oxygen atoms in total. The third-order valence-corrected chi connectivity index (χ3v) is 8.77. The van der Waals surface area contributed by atoms with Crippen LogP contribution in [0.4, 0.5) is 13.2 Å². The van der Waals surface area contributed by atoms with Crippen LogP contribution in [0, 0.1) is 40.1 Å². The standard InChI is InChI=1S/C25H24F3N3O3S/c1-2-35(33,34)30-23-19-12-20(19)31(24(32)25(13-29)6-7-25)21(23)10-14-4-3-5-18(22(14)28)15-8-16(26)11-17(27)9-15/h3-5,8-9,11,19-21,23,30H,2,6-7,10,12H2,1H3/t19-,20+,21+,23+/m0/s1. The number of amides is 1. The van der Waals surface area contributed by atoms with Gasteiger partial charge in [-0.3, -0.25) is 4.79 Å². The Morgan fingerprint density at radius 1 is 1.20 bits per heavy atom. The molecule has 10 heteroatoms. The quantitative estimate of drug-likeness (QED) is 0.626. The second-order valence-corrected chi connectivity index (χ2v) is 11.7. The highest BCUT2D eigenvalue weighted by Crippen LogP contribution is 2.54. The maximum absolute atomic E-state index is 15.6. The molecule has 2 aromatic carbocycles. The molecule has 184 valence electrons. The second kappa shape index (κ2) is 8.35. The lowest BCUT2D eigenvalue weighted by Gasteiger charge is -2.33. The minimum atomic E-state index is -3.61. The normalized spacial score (nSPS) is 26.2. The maximum Gasteiger partial charge on any atom is 0.243 e. The molecule has 1 saturated heterocycles. The van der Waals surface area contributed by atoms with Crippen LogP contribution in [-0.4, -0.2) is 43.1 Å². The van der Waals surface area contributed by atoms with Gasteiger partial charge in [-0.2, -0.15) is 5.26 Å². The zero-order valence-corrected chi connectivity index (χ0v) is 19.8. The first-order chi connectivity index (χ1) is 16.6. The number of nitrogens with zero attached hydrogens (tertiary/aromatic N) is 2. The summed E-state index contributed by atoms with van der Waals surface area (Å²) in [6.45, 7) is 1.51. The first-order valence-corrected chi connectivity index (χ1v) is 13.2. The lowest BCUT2D eigenvalue weighted by atomic mass is 9.94. The van der Waals surface area contributed by atoms with Gasteiger partial charge in [-0.25, -0.2) is 26.3 Å². The molecule has 1 aliphatic heterocycles. The van der Waals surface area contributed by atoms with Gasteiger partial charge in [0.15, 0.2) is 0 Å². The van der Waals surface area contributed by atoms with Gasteiger partial charge in [-0.05, 0) is 61.8 Å².